The van der Waals surface area contributed by atoms with Crippen LogP contribution < -0.4 is 4.90 Å². The van der Waals surface area contributed by atoms with E-state index in [0.717, 1.165) is 12.8 Å². The molecule has 1 N–H and O–H groups in total. The number of anilines is 1. The van der Waals surface area contributed by atoms with E-state index in [1.165, 1.54) is 30.2 Å². The molecule has 3 rings (SSSR count). The highest BCUT2D eigenvalue weighted by Gasteiger charge is 2.31. The lowest BCUT2D eigenvalue weighted by molar-refractivity contribution is -0.119. The Balaban J connectivity index is 1.78. The minimum Gasteiger partial charge on any atom is -0.311 e. The summed E-state index contributed by atoms with van der Waals surface area (Å²) in [5, 5.41) is 6.93. The maximum absolute atomic E-state index is 13.3. The van der Waals surface area contributed by atoms with Gasteiger partial charge >= 0.3 is 0 Å². The van der Waals surface area contributed by atoms with Crippen molar-refractivity contribution in [2.75, 3.05) is 11.4 Å². The molecule has 1 aliphatic rings. The summed E-state index contributed by atoms with van der Waals surface area (Å²) in [5.41, 5.74) is 0.609. The first-order chi connectivity index (χ1) is 9.74. The van der Waals surface area contributed by atoms with Crippen molar-refractivity contribution < 1.29 is 9.18 Å². The first-order valence-electron chi connectivity index (χ1n) is 6.33. The van der Waals surface area contributed by atoms with Crippen LogP contribution in [0.3, 0.4) is 0 Å². The average molecular weight is 292 g/mol. The van der Waals surface area contributed by atoms with E-state index in [2.05, 4.69) is 15.2 Å². The van der Waals surface area contributed by atoms with Gasteiger partial charge in [0.15, 0.2) is 5.16 Å². The van der Waals surface area contributed by atoms with Gasteiger partial charge in [-0.2, -0.15) is 5.10 Å². The molecule has 1 fully saturated rings. The van der Waals surface area contributed by atoms with Crippen LogP contribution in [0.5, 0.6) is 0 Å². The van der Waals surface area contributed by atoms with Gasteiger partial charge in [-0.25, -0.2) is 9.37 Å². The van der Waals surface area contributed by atoms with E-state index in [-0.39, 0.29) is 17.0 Å². The van der Waals surface area contributed by atoms with E-state index < -0.39 is 0 Å². The Morgan fingerprint density at radius 3 is 3.10 bits per heavy atom. The second kappa shape index (κ2) is 5.62. The van der Waals surface area contributed by atoms with Crippen LogP contribution in [0, 0.1) is 5.82 Å². The van der Waals surface area contributed by atoms with Crippen molar-refractivity contribution in [2.24, 2.45) is 0 Å². The monoisotopic (exact) mass is 292 g/mol. The lowest BCUT2D eigenvalue weighted by atomic mass is 10.1. The van der Waals surface area contributed by atoms with Crippen molar-refractivity contribution in [2.45, 2.75) is 23.2 Å². The molecule has 0 aliphatic carbocycles. The maximum atomic E-state index is 13.3. The number of thioether (sulfide) groups is 1. The van der Waals surface area contributed by atoms with Gasteiger partial charge < -0.3 is 4.90 Å². The standard InChI is InChI=1S/C13H13FN4OS/c14-9-3-1-4-10(7-9)18-6-2-5-11(12(18)19)20-13-15-8-16-17-13/h1,3-4,7-8,11H,2,5-6H2,(H,15,16,17)/t11-/m1/s1. The van der Waals surface area contributed by atoms with Gasteiger partial charge in [-0.05, 0) is 31.0 Å². The second-order valence-electron chi connectivity index (χ2n) is 4.51. The zero-order valence-corrected chi connectivity index (χ0v) is 11.4. The van der Waals surface area contributed by atoms with Gasteiger partial charge in [0.2, 0.25) is 5.91 Å². The summed E-state index contributed by atoms with van der Waals surface area (Å²) in [4.78, 5) is 18.1. The minimum absolute atomic E-state index is 0.0109. The summed E-state index contributed by atoms with van der Waals surface area (Å²) in [6, 6.07) is 6.13. The van der Waals surface area contributed by atoms with Crippen LogP contribution in [0.15, 0.2) is 35.7 Å². The number of halogens is 1. The normalized spacial score (nSPS) is 19.4. The number of hydrogen-bond acceptors (Lipinski definition) is 4. The van der Waals surface area contributed by atoms with Gasteiger partial charge in [-0.15, -0.1) is 0 Å². The third-order valence-corrected chi connectivity index (χ3v) is 4.30. The molecule has 1 aliphatic heterocycles. The highest BCUT2D eigenvalue weighted by Crippen LogP contribution is 2.30. The molecule has 0 unspecified atom stereocenters. The van der Waals surface area contributed by atoms with Gasteiger partial charge in [-0.3, -0.25) is 9.89 Å². The number of carbonyl (C=O) groups excluding carboxylic acids is 1. The molecule has 0 saturated carbocycles. The van der Waals surface area contributed by atoms with E-state index in [9.17, 15) is 9.18 Å². The molecule has 1 aromatic heterocycles. The Morgan fingerprint density at radius 1 is 1.45 bits per heavy atom. The number of amides is 1. The molecule has 5 nitrogen and oxygen atoms in total. The van der Waals surface area contributed by atoms with Gasteiger partial charge in [0.05, 0.1) is 5.25 Å². The number of benzene rings is 1. The van der Waals surface area contributed by atoms with Crippen LogP contribution in [0.2, 0.25) is 0 Å². The van der Waals surface area contributed by atoms with Crippen LogP contribution in [0.1, 0.15) is 12.8 Å². The van der Waals surface area contributed by atoms with Crippen molar-refractivity contribution in [1.29, 1.82) is 0 Å². The fraction of sp³-hybridized carbons (Fsp3) is 0.308. The second-order valence-corrected chi connectivity index (χ2v) is 5.70. The van der Waals surface area contributed by atoms with Crippen LogP contribution in [0.25, 0.3) is 0 Å². The lowest BCUT2D eigenvalue weighted by Crippen LogP contribution is -2.43. The molecule has 0 bridgehead atoms. The summed E-state index contributed by atoms with van der Waals surface area (Å²) in [6.07, 6.45) is 3.09. The van der Waals surface area contributed by atoms with E-state index >= 15 is 0 Å². The van der Waals surface area contributed by atoms with Crippen LogP contribution >= 0.6 is 11.8 Å². The molecule has 104 valence electrons. The molecular formula is C13H13FN4OS. The first kappa shape index (κ1) is 13.1. The van der Waals surface area contributed by atoms with E-state index in [1.807, 2.05) is 0 Å². The molecule has 2 aromatic rings. The fourth-order valence-electron chi connectivity index (χ4n) is 2.24. The largest absolute Gasteiger partial charge is 0.311 e. The average Bonchev–Trinajstić information content (AvgIpc) is 2.94. The molecule has 0 spiro atoms. The Morgan fingerprint density at radius 2 is 2.35 bits per heavy atom. The van der Waals surface area contributed by atoms with Crippen LogP contribution in [0.4, 0.5) is 10.1 Å². The summed E-state index contributed by atoms with van der Waals surface area (Å²) < 4.78 is 13.3. The maximum Gasteiger partial charge on any atom is 0.240 e. The zero-order valence-electron chi connectivity index (χ0n) is 10.6. The number of aromatic amines is 1. The quantitative estimate of drug-likeness (QED) is 0.942. The molecule has 7 heteroatoms. The molecular weight excluding hydrogens is 279 g/mol. The summed E-state index contributed by atoms with van der Waals surface area (Å²) >= 11 is 1.37. The van der Waals surface area contributed by atoms with Crippen molar-refractivity contribution in [3.8, 4) is 0 Å². The summed E-state index contributed by atoms with van der Waals surface area (Å²) in [7, 11) is 0. The predicted molar refractivity (Wildman–Crippen MR) is 74.0 cm³/mol. The van der Waals surface area contributed by atoms with Crippen molar-refractivity contribution >= 4 is 23.4 Å². The van der Waals surface area contributed by atoms with Gasteiger partial charge in [0.25, 0.3) is 0 Å². The Kier molecular flexibility index (Phi) is 3.68. The molecule has 0 radical (unpaired) electrons. The number of aromatic nitrogens is 3. The molecule has 1 saturated heterocycles. The Hall–Kier alpha value is -1.89. The number of nitrogens with zero attached hydrogens (tertiary/aromatic N) is 3. The zero-order chi connectivity index (χ0) is 13.9. The van der Waals surface area contributed by atoms with E-state index in [1.54, 1.807) is 17.0 Å². The predicted octanol–water partition coefficient (Wildman–Crippen LogP) is 2.23. The fourth-order valence-corrected chi connectivity index (χ4v) is 3.23. The number of hydrogen-bond donors (Lipinski definition) is 1. The highest BCUT2D eigenvalue weighted by atomic mass is 32.2. The SMILES string of the molecule is O=C1[C@H](Sc2ncn[nH]2)CCCN1c1cccc(F)c1. The third-order valence-electron chi connectivity index (χ3n) is 3.16. The smallest absolute Gasteiger partial charge is 0.240 e. The van der Waals surface area contributed by atoms with E-state index in [0.29, 0.717) is 17.4 Å². The lowest BCUT2D eigenvalue weighted by Gasteiger charge is -2.31. The number of nitrogens with one attached hydrogen (secondary N) is 1. The molecule has 1 aromatic carbocycles. The van der Waals surface area contributed by atoms with Gasteiger partial charge in [0, 0.05) is 12.2 Å². The van der Waals surface area contributed by atoms with Crippen molar-refractivity contribution in [1.82, 2.24) is 15.2 Å². The number of rotatable bonds is 3. The highest BCUT2D eigenvalue weighted by molar-refractivity contribution is 8.00. The Labute approximate surface area is 119 Å². The summed E-state index contributed by atoms with van der Waals surface area (Å²) in [5.74, 6) is -0.344. The number of piperidine rings is 1. The van der Waals surface area contributed by atoms with Crippen LogP contribution in [-0.4, -0.2) is 32.9 Å². The topological polar surface area (TPSA) is 61.9 Å². The minimum atomic E-state index is -0.333. The van der Waals surface area contributed by atoms with E-state index in [4.69, 9.17) is 0 Å². The molecule has 1 amide bonds. The third kappa shape index (κ3) is 2.67. The molecule has 2 heterocycles. The summed E-state index contributed by atoms with van der Waals surface area (Å²) in [6.45, 7) is 0.621. The number of H-pyrrole nitrogens is 1. The van der Waals surface area contributed by atoms with Crippen LogP contribution in [-0.2, 0) is 4.79 Å². The van der Waals surface area contributed by atoms with Gasteiger partial charge in [0.1, 0.15) is 12.1 Å². The van der Waals surface area contributed by atoms with Crippen molar-refractivity contribution in [3.05, 3.63) is 36.4 Å². The number of carbonyl (C=O) groups is 1. The van der Waals surface area contributed by atoms with Crippen molar-refractivity contribution in [3.63, 3.8) is 0 Å². The molecule has 20 heavy (non-hydrogen) atoms. The first-order valence-corrected chi connectivity index (χ1v) is 7.21. The van der Waals surface area contributed by atoms with Gasteiger partial charge in [-0.1, -0.05) is 17.8 Å². The Bertz CT molecular complexity index is 604. The molecule has 1 atom stereocenters.